The summed E-state index contributed by atoms with van der Waals surface area (Å²) in [5, 5.41) is 1.69. The molecule has 2 aliphatic carbocycles. The van der Waals surface area contributed by atoms with Crippen LogP contribution in [0.15, 0.2) is 49.1 Å². The Bertz CT molecular complexity index is 859. The molecule has 0 amide bonds. The van der Waals surface area contributed by atoms with Gasteiger partial charge in [-0.15, -0.1) is 0 Å². The van der Waals surface area contributed by atoms with E-state index in [1.54, 1.807) is 0 Å². The van der Waals surface area contributed by atoms with Crippen molar-refractivity contribution in [3.63, 3.8) is 0 Å². The van der Waals surface area contributed by atoms with E-state index in [4.69, 9.17) is 4.74 Å². The Morgan fingerprint density at radius 2 is 1.79 bits per heavy atom. The van der Waals surface area contributed by atoms with Gasteiger partial charge in [0.2, 0.25) is 0 Å². The summed E-state index contributed by atoms with van der Waals surface area (Å²) in [5.74, 6) is 3.07. The summed E-state index contributed by atoms with van der Waals surface area (Å²) < 4.78 is 33.6. The van der Waals surface area contributed by atoms with E-state index in [-0.39, 0.29) is 0 Å². The van der Waals surface area contributed by atoms with E-state index in [1.807, 2.05) is 36.4 Å². The molecule has 2 aromatic carbocycles. The second-order valence-electron chi connectivity index (χ2n) is 9.07. The molecule has 0 N–H and O–H groups in total. The van der Waals surface area contributed by atoms with E-state index in [1.165, 1.54) is 38.5 Å². The van der Waals surface area contributed by atoms with Crippen molar-refractivity contribution in [1.29, 1.82) is 0 Å². The maximum Gasteiger partial charge on any atom is 0.419 e. The summed E-state index contributed by atoms with van der Waals surface area (Å²) in [5.41, 5.74) is 0.944. The molecule has 0 aromatic heterocycles. The average Bonchev–Trinajstić information content (AvgIpc) is 2.74. The molecule has 0 heterocycles. The van der Waals surface area contributed by atoms with Gasteiger partial charge in [-0.05, 0) is 66.7 Å². The van der Waals surface area contributed by atoms with Crippen LogP contribution in [0, 0.1) is 17.8 Å². The zero-order chi connectivity index (χ0) is 20.4. The molecule has 4 atom stereocenters. The van der Waals surface area contributed by atoms with Gasteiger partial charge in [0.25, 0.3) is 0 Å². The Hall–Kier alpha value is -1.90. The van der Waals surface area contributed by atoms with Crippen molar-refractivity contribution in [3.8, 4) is 5.75 Å². The number of hydrogen-bond acceptors (Lipinski definition) is 1. The second kappa shape index (κ2) is 8.45. The van der Waals surface area contributed by atoms with Crippen LogP contribution in [0.5, 0.6) is 5.75 Å². The van der Waals surface area contributed by atoms with Crippen molar-refractivity contribution in [3.05, 3.63) is 54.6 Å². The summed E-state index contributed by atoms with van der Waals surface area (Å²) in [7, 11) is 0. The predicted molar refractivity (Wildman–Crippen MR) is 116 cm³/mol. The summed E-state index contributed by atoms with van der Waals surface area (Å²) in [6.45, 7) is 5.53. The number of ether oxygens (including phenoxy) is 1. The van der Waals surface area contributed by atoms with Crippen LogP contribution in [0.4, 0.5) is 8.78 Å². The van der Waals surface area contributed by atoms with E-state index in [2.05, 4.69) is 13.5 Å². The molecule has 0 radical (unpaired) electrons. The molecule has 4 unspecified atom stereocenters. The lowest BCUT2D eigenvalue weighted by atomic mass is 9.63. The van der Waals surface area contributed by atoms with Gasteiger partial charge in [-0.1, -0.05) is 69.2 Å². The number of halogens is 2. The Kier molecular flexibility index (Phi) is 5.94. The fourth-order valence-electron chi connectivity index (χ4n) is 5.81. The largest absolute Gasteiger partial charge is 0.428 e. The summed E-state index contributed by atoms with van der Waals surface area (Å²) >= 11 is 0. The molecule has 3 heteroatoms. The quantitative estimate of drug-likeness (QED) is 0.447. The minimum atomic E-state index is -3.37. The first-order valence-corrected chi connectivity index (χ1v) is 11.2. The molecule has 2 aromatic rings. The van der Waals surface area contributed by atoms with E-state index in [0.717, 1.165) is 46.9 Å². The van der Waals surface area contributed by atoms with Crippen LogP contribution in [-0.4, -0.2) is 6.11 Å². The van der Waals surface area contributed by atoms with E-state index in [0.29, 0.717) is 17.7 Å². The molecule has 0 aliphatic heterocycles. The first-order valence-electron chi connectivity index (χ1n) is 11.2. The predicted octanol–water partition coefficient (Wildman–Crippen LogP) is 8.10. The van der Waals surface area contributed by atoms with Gasteiger partial charge in [-0.3, -0.25) is 0 Å². The van der Waals surface area contributed by atoms with Crippen molar-refractivity contribution >= 4 is 10.8 Å². The Labute approximate surface area is 173 Å². The average molecular weight is 399 g/mol. The first kappa shape index (κ1) is 20.4. The maximum absolute atomic E-state index is 14.2. The molecule has 0 spiro atoms. The fraction of sp³-hybridized carbons (Fsp3) is 0.538. The van der Waals surface area contributed by atoms with Crippen LogP contribution in [0.2, 0.25) is 0 Å². The van der Waals surface area contributed by atoms with Crippen molar-refractivity contribution in [2.45, 2.75) is 70.3 Å². The smallest absolute Gasteiger partial charge is 0.419 e. The van der Waals surface area contributed by atoms with Gasteiger partial charge in [0, 0.05) is 11.5 Å². The zero-order valence-electron chi connectivity index (χ0n) is 17.4. The van der Waals surface area contributed by atoms with Crippen molar-refractivity contribution in [2.75, 3.05) is 0 Å². The van der Waals surface area contributed by atoms with Crippen LogP contribution in [-0.2, 0) is 0 Å². The molecular weight excluding hydrogens is 366 g/mol. The highest BCUT2D eigenvalue weighted by molar-refractivity contribution is 5.89. The van der Waals surface area contributed by atoms with Crippen LogP contribution >= 0.6 is 0 Å². The van der Waals surface area contributed by atoms with E-state index >= 15 is 0 Å². The monoisotopic (exact) mass is 398 g/mol. The van der Waals surface area contributed by atoms with Crippen molar-refractivity contribution in [2.24, 2.45) is 17.8 Å². The van der Waals surface area contributed by atoms with Gasteiger partial charge >= 0.3 is 6.11 Å². The molecule has 29 heavy (non-hydrogen) atoms. The summed E-state index contributed by atoms with van der Waals surface area (Å²) in [6, 6.07) is 11.7. The maximum atomic E-state index is 14.2. The van der Waals surface area contributed by atoms with Gasteiger partial charge < -0.3 is 4.74 Å². The Morgan fingerprint density at radius 3 is 2.59 bits per heavy atom. The van der Waals surface area contributed by atoms with Crippen molar-refractivity contribution < 1.29 is 13.5 Å². The lowest BCUT2D eigenvalue weighted by molar-refractivity contribution is -0.131. The molecule has 0 bridgehead atoms. The topological polar surface area (TPSA) is 9.23 Å². The van der Waals surface area contributed by atoms with Crippen LogP contribution in [0.1, 0.15) is 69.8 Å². The number of alkyl halides is 2. The Morgan fingerprint density at radius 1 is 1.03 bits per heavy atom. The van der Waals surface area contributed by atoms with E-state index in [9.17, 15) is 8.78 Å². The van der Waals surface area contributed by atoms with Gasteiger partial charge in [0.1, 0.15) is 5.75 Å². The lowest BCUT2D eigenvalue weighted by Gasteiger charge is -2.42. The van der Waals surface area contributed by atoms with Crippen LogP contribution < -0.4 is 4.74 Å². The SMILES string of the molecule is C=CC(F)(F)Oc1c(C2CCC3CC(CCC)CCC3C2)ccc2ccccc12. The molecule has 4 rings (SSSR count). The molecule has 156 valence electrons. The molecule has 2 aliphatic rings. The number of rotatable bonds is 6. The third-order valence-corrected chi connectivity index (χ3v) is 7.24. The summed E-state index contributed by atoms with van der Waals surface area (Å²) in [4.78, 5) is 0. The highest BCUT2D eigenvalue weighted by Gasteiger charge is 2.37. The zero-order valence-corrected chi connectivity index (χ0v) is 17.4. The third-order valence-electron chi connectivity index (χ3n) is 7.24. The Balaban J connectivity index is 1.62. The highest BCUT2D eigenvalue weighted by Crippen LogP contribution is 2.50. The van der Waals surface area contributed by atoms with Gasteiger partial charge in [-0.25, -0.2) is 0 Å². The molecule has 1 nitrogen and oxygen atoms in total. The third kappa shape index (κ3) is 4.34. The number of fused-ring (bicyclic) bond motifs is 2. The second-order valence-corrected chi connectivity index (χ2v) is 9.07. The standard InChI is InChI=1S/C26H32F2O/c1-3-7-18-10-11-21-17-22(13-12-20(21)16-18)24-15-14-19-8-5-6-9-23(19)25(24)29-26(27,28)4-2/h4-6,8-9,14-15,18,20-22H,2-3,7,10-13,16-17H2,1H3. The minimum absolute atomic E-state index is 0.291. The molecule has 2 fully saturated rings. The summed E-state index contributed by atoms with van der Waals surface area (Å²) in [6.07, 6.45) is 7.20. The lowest BCUT2D eigenvalue weighted by Crippen LogP contribution is -2.31. The van der Waals surface area contributed by atoms with Gasteiger partial charge in [0.05, 0.1) is 0 Å². The number of hydrogen-bond donors (Lipinski definition) is 0. The fourth-order valence-corrected chi connectivity index (χ4v) is 5.81. The first-order chi connectivity index (χ1) is 14.0. The molecular formula is C26H32F2O. The molecule has 2 saturated carbocycles. The normalized spacial score (nSPS) is 27.4. The van der Waals surface area contributed by atoms with Crippen LogP contribution in [0.25, 0.3) is 10.8 Å². The van der Waals surface area contributed by atoms with Gasteiger partial charge in [0.15, 0.2) is 0 Å². The van der Waals surface area contributed by atoms with Gasteiger partial charge in [-0.2, -0.15) is 8.78 Å². The highest BCUT2D eigenvalue weighted by atomic mass is 19.3. The van der Waals surface area contributed by atoms with E-state index < -0.39 is 6.11 Å². The van der Waals surface area contributed by atoms with Crippen LogP contribution in [0.3, 0.4) is 0 Å². The molecule has 0 saturated heterocycles. The minimum Gasteiger partial charge on any atom is -0.428 e. The van der Waals surface area contributed by atoms with Crippen molar-refractivity contribution in [1.82, 2.24) is 0 Å². The number of benzene rings is 2.